The lowest BCUT2D eigenvalue weighted by Crippen LogP contribution is -2.06. The third-order valence-electron chi connectivity index (χ3n) is 4.67. The minimum atomic E-state index is -0.437. The number of esters is 1. The first-order valence-corrected chi connectivity index (χ1v) is 11.2. The number of hydrogen-bond donors (Lipinski definition) is 0. The number of halogens is 2. The van der Waals surface area contributed by atoms with Gasteiger partial charge in [0.2, 0.25) is 0 Å². The molecule has 0 aliphatic carbocycles. The van der Waals surface area contributed by atoms with Crippen LogP contribution in [0.4, 0.5) is 0 Å². The molecule has 4 aromatic rings. The van der Waals surface area contributed by atoms with Crippen molar-refractivity contribution < 1.29 is 9.53 Å². The number of allylic oxidation sites excluding steroid dienone is 1. The second-order valence-corrected chi connectivity index (χ2v) is 8.60. The number of benzene rings is 3. The molecule has 0 radical (unpaired) electrons. The molecule has 6 heteroatoms. The molecule has 0 saturated heterocycles. The molecule has 0 aliphatic heterocycles. The van der Waals surface area contributed by atoms with E-state index in [1.165, 1.54) is 0 Å². The van der Waals surface area contributed by atoms with Crippen molar-refractivity contribution in [3.05, 3.63) is 111 Å². The number of rotatable bonds is 6. The second-order valence-electron chi connectivity index (χ2n) is 6.77. The third kappa shape index (κ3) is 4.86. The summed E-state index contributed by atoms with van der Waals surface area (Å²) in [6, 6.07) is 22.5. The van der Waals surface area contributed by atoms with Gasteiger partial charge in [0.25, 0.3) is 0 Å². The van der Waals surface area contributed by atoms with Crippen molar-refractivity contribution in [1.82, 2.24) is 9.55 Å². The van der Waals surface area contributed by atoms with Crippen LogP contribution in [0.3, 0.4) is 0 Å². The van der Waals surface area contributed by atoms with Gasteiger partial charge in [-0.1, -0.05) is 62.2 Å². The maximum absolute atomic E-state index is 12.8. The van der Waals surface area contributed by atoms with E-state index in [4.69, 9.17) is 9.72 Å². The number of fused-ring (bicyclic) bond motifs is 1. The topological polar surface area (TPSA) is 44.1 Å². The van der Waals surface area contributed by atoms with Gasteiger partial charge in [0.05, 0.1) is 16.6 Å². The highest BCUT2D eigenvalue weighted by atomic mass is 79.9. The molecular weight excluding hydrogens is 520 g/mol. The highest BCUT2D eigenvalue weighted by Crippen LogP contribution is 2.25. The van der Waals surface area contributed by atoms with Gasteiger partial charge in [-0.3, -0.25) is 0 Å². The van der Waals surface area contributed by atoms with E-state index in [9.17, 15) is 4.79 Å². The molecule has 154 valence electrons. The molecule has 4 rings (SSSR count). The number of para-hydroxylation sites is 2. The summed E-state index contributed by atoms with van der Waals surface area (Å²) in [5.74, 6) is 0.664. The molecule has 3 aromatic carbocycles. The molecule has 31 heavy (non-hydrogen) atoms. The third-order valence-corrected chi connectivity index (χ3v) is 5.72. The SMILES string of the molecule is C=CCn1c(C=C(OC(=O)c2ccc(Br)cc2)c2ccc(Br)cc2)nc2ccccc21. The predicted molar refractivity (Wildman–Crippen MR) is 132 cm³/mol. The van der Waals surface area contributed by atoms with Crippen LogP contribution in [0, 0.1) is 0 Å². The lowest BCUT2D eigenvalue weighted by atomic mass is 10.1. The largest absolute Gasteiger partial charge is 0.422 e. The summed E-state index contributed by atoms with van der Waals surface area (Å²) in [6.45, 7) is 4.45. The number of imidazole rings is 1. The van der Waals surface area contributed by atoms with Crippen LogP contribution >= 0.6 is 31.9 Å². The van der Waals surface area contributed by atoms with E-state index in [-0.39, 0.29) is 0 Å². The number of carbonyl (C=O) groups excluding carboxylic acids is 1. The van der Waals surface area contributed by atoms with Gasteiger partial charge >= 0.3 is 5.97 Å². The predicted octanol–water partition coefficient (Wildman–Crippen LogP) is 7.10. The minimum Gasteiger partial charge on any atom is -0.422 e. The average molecular weight is 538 g/mol. The maximum Gasteiger partial charge on any atom is 0.343 e. The van der Waals surface area contributed by atoms with Crippen molar-refractivity contribution in [2.75, 3.05) is 0 Å². The average Bonchev–Trinajstić information content (AvgIpc) is 3.12. The van der Waals surface area contributed by atoms with Crippen LogP contribution in [0.5, 0.6) is 0 Å². The smallest absolute Gasteiger partial charge is 0.343 e. The van der Waals surface area contributed by atoms with Gasteiger partial charge in [0.1, 0.15) is 11.6 Å². The Labute approximate surface area is 197 Å². The van der Waals surface area contributed by atoms with E-state index in [2.05, 4.69) is 38.4 Å². The van der Waals surface area contributed by atoms with Crippen molar-refractivity contribution in [3.8, 4) is 0 Å². The molecule has 0 atom stereocenters. The highest BCUT2D eigenvalue weighted by molar-refractivity contribution is 9.10. The first-order valence-electron chi connectivity index (χ1n) is 9.56. The van der Waals surface area contributed by atoms with Gasteiger partial charge in [-0.2, -0.15) is 0 Å². The minimum absolute atomic E-state index is 0.418. The van der Waals surface area contributed by atoms with Crippen molar-refractivity contribution in [2.45, 2.75) is 6.54 Å². The highest BCUT2D eigenvalue weighted by Gasteiger charge is 2.15. The van der Waals surface area contributed by atoms with Crippen LogP contribution < -0.4 is 0 Å². The zero-order chi connectivity index (χ0) is 21.8. The molecule has 0 fully saturated rings. The molecule has 1 aromatic heterocycles. The summed E-state index contributed by atoms with van der Waals surface area (Å²) in [4.78, 5) is 17.6. The number of carbonyl (C=O) groups is 1. The van der Waals surface area contributed by atoms with E-state index >= 15 is 0 Å². The van der Waals surface area contributed by atoms with E-state index in [0.29, 0.717) is 23.7 Å². The van der Waals surface area contributed by atoms with Crippen LogP contribution in [-0.4, -0.2) is 15.5 Å². The lowest BCUT2D eigenvalue weighted by Gasteiger charge is -2.11. The molecule has 0 N–H and O–H groups in total. The van der Waals surface area contributed by atoms with Crippen LogP contribution in [0.25, 0.3) is 22.9 Å². The Bertz CT molecular complexity index is 1270. The molecule has 4 nitrogen and oxygen atoms in total. The van der Waals surface area contributed by atoms with Gasteiger partial charge in [0, 0.05) is 27.1 Å². The molecule has 0 saturated carbocycles. The molecule has 0 spiro atoms. The molecule has 0 amide bonds. The monoisotopic (exact) mass is 536 g/mol. The van der Waals surface area contributed by atoms with Crippen LogP contribution in [0.2, 0.25) is 0 Å². The normalized spacial score (nSPS) is 11.5. The zero-order valence-electron chi connectivity index (χ0n) is 16.5. The van der Waals surface area contributed by atoms with E-state index < -0.39 is 5.97 Å². The number of aromatic nitrogens is 2. The fourth-order valence-corrected chi connectivity index (χ4v) is 3.70. The summed E-state index contributed by atoms with van der Waals surface area (Å²) < 4.78 is 9.72. The number of ether oxygens (including phenoxy) is 1. The Morgan fingerprint density at radius 2 is 1.55 bits per heavy atom. The first kappa shape index (κ1) is 21.3. The first-order chi connectivity index (χ1) is 15.0. The Morgan fingerprint density at radius 3 is 2.19 bits per heavy atom. The Kier molecular flexibility index (Phi) is 6.49. The van der Waals surface area contributed by atoms with Crippen LogP contribution in [-0.2, 0) is 11.3 Å². The van der Waals surface area contributed by atoms with Gasteiger partial charge in [-0.25, -0.2) is 9.78 Å². The summed E-state index contributed by atoms with van der Waals surface area (Å²) >= 11 is 6.84. The Balaban J connectivity index is 1.80. The zero-order valence-corrected chi connectivity index (χ0v) is 19.6. The summed E-state index contributed by atoms with van der Waals surface area (Å²) in [7, 11) is 0. The molecule has 0 bridgehead atoms. The Morgan fingerprint density at radius 1 is 0.935 bits per heavy atom. The summed E-state index contributed by atoms with van der Waals surface area (Å²) in [5, 5.41) is 0. The van der Waals surface area contributed by atoms with Crippen LogP contribution in [0.1, 0.15) is 21.7 Å². The van der Waals surface area contributed by atoms with Crippen molar-refractivity contribution in [2.24, 2.45) is 0 Å². The van der Waals surface area contributed by atoms with Crippen molar-refractivity contribution in [1.29, 1.82) is 0 Å². The maximum atomic E-state index is 12.8. The van der Waals surface area contributed by atoms with E-state index in [0.717, 1.165) is 25.5 Å². The van der Waals surface area contributed by atoms with E-state index in [1.807, 2.05) is 71.3 Å². The Hall–Kier alpha value is -2.96. The molecule has 0 aliphatic rings. The van der Waals surface area contributed by atoms with Gasteiger partial charge in [-0.05, 0) is 48.5 Å². The van der Waals surface area contributed by atoms with Gasteiger partial charge in [0.15, 0.2) is 0 Å². The number of nitrogens with zero attached hydrogens (tertiary/aromatic N) is 2. The molecular formula is C25H18Br2N2O2. The summed E-state index contributed by atoms with van der Waals surface area (Å²) in [5.41, 5.74) is 3.09. The standard InChI is InChI=1S/C25H18Br2N2O2/c1-2-15-29-22-6-4-3-5-21(22)28-24(29)16-23(17-7-11-19(26)12-8-17)31-25(30)18-9-13-20(27)14-10-18/h2-14,16H,1,15H2. The van der Waals surface area contributed by atoms with Crippen LogP contribution in [0.15, 0.2) is 94.4 Å². The fourth-order valence-electron chi connectivity index (χ4n) is 3.17. The number of hydrogen-bond acceptors (Lipinski definition) is 3. The molecule has 0 unspecified atom stereocenters. The summed E-state index contributed by atoms with van der Waals surface area (Å²) in [6.07, 6.45) is 3.61. The van der Waals surface area contributed by atoms with Crippen molar-refractivity contribution >= 4 is 60.7 Å². The lowest BCUT2D eigenvalue weighted by molar-refractivity contribution is 0.0693. The van der Waals surface area contributed by atoms with Gasteiger partial charge in [-0.15, -0.1) is 6.58 Å². The van der Waals surface area contributed by atoms with Crippen molar-refractivity contribution in [3.63, 3.8) is 0 Å². The fraction of sp³-hybridized carbons (Fsp3) is 0.0400. The quantitative estimate of drug-likeness (QED) is 0.150. The molecule has 1 heterocycles. The van der Waals surface area contributed by atoms with Gasteiger partial charge < -0.3 is 9.30 Å². The van der Waals surface area contributed by atoms with E-state index in [1.54, 1.807) is 18.2 Å². The second kappa shape index (κ2) is 9.45.